The summed E-state index contributed by atoms with van der Waals surface area (Å²) in [6, 6.07) is -1.10. The van der Waals surface area contributed by atoms with Gasteiger partial charge in [0.2, 0.25) is 22.0 Å². The SMILES string of the molecule is CC[C@@H](/C=C/C(=O)Nc1nnc(C(F)(F)F)s1)NC(=O)[C@@H]1C[C@H](F)CN1.O=C(O)C(F)(F)F. The largest absolute Gasteiger partial charge is 0.490 e. The molecule has 3 atom stereocenters. The Morgan fingerprint density at radius 2 is 1.85 bits per heavy atom. The molecule has 2 heterocycles. The molecule has 0 spiro atoms. The van der Waals surface area contributed by atoms with Crippen LogP contribution >= 0.6 is 11.3 Å². The minimum absolute atomic E-state index is 0.0883. The minimum atomic E-state index is -5.08. The number of hydrogen-bond acceptors (Lipinski definition) is 7. The van der Waals surface area contributed by atoms with Crippen LogP contribution in [0.15, 0.2) is 12.2 Å². The van der Waals surface area contributed by atoms with E-state index in [1.165, 1.54) is 6.08 Å². The van der Waals surface area contributed by atoms with Crippen LogP contribution in [0.2, 0.25) is 0 Å². The number of hydrogen-bond donors (Lipinski definition) is 4. The first-order valence-corrected chi connectivity index (χ1v) is 9.83. The Morgan fingerprint density at radius 3 is 2.27 bits per heavy atom. The second-order valence-corrected chi connectivity index (χ2v) is 7.36. The molecule has 1 aromatic rings. The Hall–Kier alpha value is -2.82. The molecule has 33 heavy (non-hydrogen) atoms. The highest BCUT2D eigenvalue weighted by atomic mass is 32.1. The number of anilines is 1. The van der Waals surface area contributed by atoms with Crippen LogP contribution in [0.25, 0.3) is 0 Å². The normalized spacial score (nSPS) is 19.5. The van der Waals surface area contributed by atoms with Crippen LogP contribution in [-0.4, -0.2) is 64.1 Å². The number of alkyl halides is 7. The smallest absolute Gasteiger partial charge is 0.475 e. The van der Waals surface area contributed by atoms with E-state index in [-0.39, 0.29) is 35.3 Å². The van der Waals surface area contributed by atoms with Gasteiger partial charge in [0, 0.05) is 25.1 Å². The fraction of sp³-hybridized carbons (Fsp3) is 0.562. The molecule has 0 bridgehead atoms. The maximum atomic E-state index is 13.1. The van der Waals surface area contributed by atoms with Gasteiger partial charge in [-0.15, -0.1) is 10.2 Å². The second kappa shape index (κ2) is 11.9. The van der Waals surface area contributed by atoms with E-state index in [4.69, 9.17) is 9.90 Å². The summed E-state index contributed by atoms with van der Waals surface area (Å²) >= 11 is 0.209. The molecular formula is C16H18F7N5O4S. The lowest BCUT2D eigenvalue weighted by molar-refractivity contribution is -0.192. The Kier molecular flexibility index (Phi) is 10.1. The topological polar surface area (TPSA) is 133 Å². The molecule has 0 aliphatic carbocycles. The molecule has 1 aliphatic heterocycles. The summed E-state index contributed by atoms with van der Waals surface area (Å²) in [5.41, 5.74) is 0. The summed E-state index contributed by atoms with van der Waals surface area (Å²) in [7, 11) is 0. The van der Waals surface area contributed by atoms with Crippen molar-refractivity contribution in [2.45, 2.75) is 50.4 Å². The summed E-state index contributed by atoms with van der Waals surface area (Å²) in [4.78, 5) is 32.7. The van der Waals surface area contributed by atoms with Gasteiger partial charge in [-0.3, -0.25) is 14.9 Å². The lowest BCUT2D eigenvalue weighted by Crippen LogP contribution is -2.44. The number of amides is 2. The highest BCUT2D eigenvalue weighted by Crippen LogP contribution is 2.32. The zero-order chi connectivity index (χ0) is 25.4. The maximum Gasteiger partial charge on any atom is 0.490 e. The van der Waals surface area contributed by atoms with Crippen LogP contribution < -0.4 is 16.0 Å². The van der Waals surface area contributed by atoms with Gasteiger partial charge in [-0.2, -0.15) is 26.3 Å². The average molecular weight is 509 g/mol. The van der Waals surface area contributed by atoms with Crippen LogP contribution in [0.1, 0.15) is 24.8 Å². The van der Waals surface area contributed by atoms with Gasteiger partial charge in [0.1, 0.15) is 6.17 Å². The van der Waals surface area contributed by atoms with Crippen LogP contribution in [-0.2, 0) is 20.6 Å². The molecule has 0 radical (unpaired) electrons. The monoisotopic (exact) mass is 509 g/mol. The van der Waals surface area contributed by atoms with Gasteiger partial charge in [-0.1, -0.05) is 24.3 Å². The second-order valence-electron chi connectivity index (χ2n) is 6.38. The van der Waals surface area contributed by atoms with Crippen molar-refractivity contribution in [2.24, 2.45) is 0 Å². The Bertz CT molecular complexity index is 859. The number of carboxylic acids is 1. The molecule has 9 nitrogen and oxygen atoms in total. The number of carbonyl (C=O) groups is 3. The van der Waals surface area contributed by atoms with E-state index >= 15 is 0 Å². The number of aliphatic carboxylic acids is 1. The first kappa shape index (κ1) is 28.2. The van der Waals surface area contributed by atoms with Crippen LogP contribution in [0.4, 0.5) is 35.9 Å². The summed E-state index contributed by atoms with van der Waals surface area (Å²) in [6.07, 6.45) is -7.73. The molecular weight excluding hydrogens is 491 g/mol. The van der Waals surface area contributed by atoms with Gasteiger partial charge >= 0.3 is 18.3 Å². The highest BCUT2D eigenvalue weighted by Gasteiger charge is 2.38. The van der Waals surface area contributed by atoms with Gasteiger partial charge < -0.3 is 15.7 Å². The summed E-state index contributed by atoms with van der Waals surface area (Å²) < 4.78 is 82.1. The van der Waals surface area contributed by atoms with Crippen LogP contribution in [0, 0.1) is 0 Å². The number of nitrogens with zero attached hydrogens (tertiary/aromatic N) is 2. The Balaban J connectivity index is 0.000000675. The van der Waals surface area contributed by atoms with Gasteiger partial charge in [-0.05, 0) is 6.42 Å². The van der Waals surface area contributed by atoms with Crippen molar-refractivity contribution in [1.29, 1.82) is 0 Å². The molecule has 1 fully saturated rings. The number of carbonyl (C=O) groups excluding carboxylic acids is 2. The van der Waals surface area contributed by atoms with Crippen molar-refractivity contribution < 1.29 is 50.2 Å². The number of nitrogens with one attached hydrogen (secondary N) is 3. The molecule has 2 rings (SSSR count). The van der Waals surface area contributed by atoms with Crippen molar-refractivity contribution in [3.05, 3.63) is 17.2 Å². The standard InChI is InChI=1S/C14H17F4N5O2S.C2HF3O2/c1-2-8(20-11(25)9-5-7(15)6-19-9)3-4-10(24)21-13-23-22-12(26-13)14(16,17)18;3-2(4,5)1(6)7/h3-4,7-9,19H,2,5-6H2,1H3,(H,20,25)(H,21,23,24);(H,6,7)/b4-3+;/t7-,8-,9-;/m0./s1. The summed E-state index contributed by atoms with van der Waals surface area (Å²) in [6.45, 7) is 1.89. The van der Waals surface area contributed by atoms with E-state index in [0.29, 0.717) is 6.42 Å². The molecule has 4 N–H and O–H groups in total. The fourth-order valence-electron chi connectivity index (χ4n) is 2.20. The van der Waals surface area contributed by atoms with Crippen LogP contribution in [0.3, 0.4) is 0 Å². The average Bonchev–Trinajstić information content (AvgIpc) is 3.33. The lowest BCUT2D eigenvalue weighted by Gasteiger charge is -2.16. The summed E-state index contributed by atoms with van der Waals surface area (Å²) in [5.74, 6) is -3.83. The molecule has 17 heteroatoms. The molecule has 186 valence electrons. The van der Waals surface area contributed by atoms with E-state index in [1.54, 1.807) is 6.92 Å². The minimum Gasteiger partial charge on any atom is -0.475 e. The first-order valence-electron chi connectivity index (χ1n) is 9.01. The van der Waals surface area contributed by atoms with E-state index in [0.717, 1.165) is 6.08 Å². The molecule has 0 aromatic carbocycles. The van der Waals surface area contributed by atoms with Crippen molar-refractivity contribution in [2.75, 3.05) is 11.9 Å². The van der Waals surface area contributed by atoms with E-state index < -0.39 is 47.5 Å². The number of aromatic nitrogens is 2. The van der Waals surface area contributed by atoms with Crippen molar-refractivity contribution >= 4 is 34.3 Å². The van der Waals surface area contributed by atoms with E-state index in [2.05, 4.69) is 26.1 Å². The maximum absolute atomic E-state index is 13.1. The number of halogens is 7. The van der Waals surface area contributed by atoms with Crippen LogP contribution in [0.5, 0.6) is 0 Å². The van der Waals surface area contributed by atoms with E-state index in [1.807, 2.05) is 0 Å². The third kappa shape index (κ3) is 10.1. The number of carboxylic acid groups (broad SMARTS) is 1. The third-order valence-electron chi connectivity index (χ3n) is 3.78. The van der Waals surface area contributed by atoms with Crippen molar-refractivity contribution in [3.63, 3.8) is 0 Å². The third-order valence-corrected chi connectivity index (χ3v) is 4.66. The van der Waals surface area contributed by atoms with Gasteiger partial charge in [-0.25, -0.2) is 9.18 Å². The fourth-order valence-corrected chi connectivity index (χ4v) is 2.81. The van der Waals surface area contributed by atoms with Gasteiger partial charge in [0.25, 0.3) is 0 Å². The van der Waals surface area contributed by atoms with Crippen molar-refractivity contribution in [3.8, 4) is 0 Å². The zero-order valence-electron chi connectivity index (χ0n) is 16.6. The molecule has 2 amide bonds. The molecule has 0 unspecified atom stereocenters. The molecule has 1 saturated heterocycles. The lowest BCUT2D eigenvalue weighted by atomic mass is 10.1. The predicted molar refractivity (Wildman–Crippen MR) is 99.9 cm³/mol. The zero-order valence-corrected chi connectivity index (χ0v) is 17.4. The molecule has 1 aliphatic rings. The Labute approximate surface area is 185 Å². The first-order chi connectivity index (χ1) is 15.1. The van der Waals surface area contributed by atoms with Crippen molar-refractivity contribution in [1.82, 2.24) is 20.8 Å². The molecule has 1 aromatic heterocycles. The highest BCUT2D eigenvalue weighted by molar-refractivity contribution is 7.15. The van der Waals surface area contributed by atoms with E-state index in [9.17, 15) is 40.3 Å². The quantitative estimate of drug-likeness (QED) is 0.342. The van der Waals surface area contributed by atoms with Gasteiger partial charge in [0.15, 0.2) is 0 Å². The predicted octanol–water partition coefficient (Wildman–Crippen LogP) is 2.28. The molecule has 0 saturated carbocycles. The van der Waals surface area contributed by atoms with Gasteiger partial charge in [0.05, 0.1) is 6.04 Å². The Morgan fingerprint density at radius 1 is 1.24 bits per heavy atom. The number of rotatable bonds is 6. The summed E-state index contributed by atoms with van der Waals surface area (Å²) in [5, 5.41) is 19.5.